The molecule has 2 heterocycles. The quantitative estimate of drug-likeness (QED) is 0.885. The number of benzene rings is 1. The summed E-state index contributed by atoms with van der Waals surface area (Å²) in [5.74, 6) is 0.533. The summed E-state index contributed by atoms with van der Waals surface area (Å²) in [6.07, 6.45) is 5.36. The van der Waals surface area contributed by atoms with E-state index in [9.17, 15) is 9.59 Å². The highest BCUT2D eigenvalue weighted by Crippen LogP contribution is 2.29. The van der Waals surface area contributed by atoms with Crippen molar-refractivity contribution >= 4 is 17.6 Å². The van der Waals surface area contributed by atoms with Crippen LogP contribution in [-0.4, -0.2) is 67.0 Å². The standard InChI is InChI=1S/C21H30N4O2/c26-20-14-17(16-25(20)19-8-4-5-9-19)15-22-21(27)24-12-10-23(11-13-24)18-6-2-1-3-7-18/h1-3,6-7,17,19H,4-5,8-16H2,(H,22,27)/t17-/m1/s1. The second-order valence-corrected chi connectivity index (χ2v) is 8.05. The summed E-state index contributed by atoms with van der Waals surface area (Å²) in [6.45, 7) is 4.60. The zero-order valence-corrected chi connectivity index (χ0v) is 16.0. The van der Waals surface area contributed by atoms with E-state index in [1.54, 1.807) is 0 Å². The third-order valence-corrected chi connectivity index (χ3v) is 6.23. The van der Waals surface area contributed by atoms with Gasteiger partial charge in [-0.1, -0.05) is 31.0 Å². The lowest BCUT2D eigenvalue weighted by Crippen LogP contribution is -2.52. The van der Waals surface area contributed by atoms with Crippen LogP contribution in [0.4, 0.5) is 10.5 Å². The summed E-state index contributed by atoms with van der Waals surface area (Å²) >= 11 is 0. The number of likely N-dealkylation sites (tertiary alicyclic amines) is 1. The van der Waals surface area contributed by atoms with Crippen LogP contribution in [0.15, 0.2) is 30.3 Å². The number of urea groups is 1. The highest BCUT2D eigenvalue weighted by atomic mass is 16.2. The van der Waals surface area contributed by atoms with Crippen LogP contribution in [0.25, 0.3) is 0 Å². The number of anilines is 1. The first kappa shape index (κ1) is 18.1. The van der Waals surface area contributed by atoms with Gasteiger partial charge in [0.05, 0.1) is 0 Å². The van der Waals surface area contributed by atoms with E-state index in [-0.39, 0.29) is 17.9 Å². The van der Waals surface area contributed by atoms with Crippen molar-refractivity contribution < 1.29 is 9.59 Å². The van der Waals surface area contributed by atoms with Crippen molar-refractivity contribution in [3.05, 3.63) is 30.3 Å². The molecule has 0 spiro atoms. The van der Waals surface area contributed by atoms with E-state index in [0.717, 1.165) is 45.6 Å². The van der Waals surface area contributed by atoms with Gasteiger partial charge in [-0.25, -0.2) is 4.79 Å². The average Bonchev–Trinajstić information content (AvgIpc) is 3.36. The smallest absolute Gasteiger partial charge is 0.317 e. The number of hydrogen-bond acceptors (Lipinski definition) is 3. The molecule has 3 fully saturated rings. The number of nitrogens with one attached hydrogen (secondary N) is 1. The highest BCUT2D eigenvalue weighted by Gasteiger charge is 2.35. The van der Waals surface area contributed by atoms with Gasteiger partial charge in [0, 0.05) is 63.3 Å². The summed E-state index contributed by atoms with van der Waals surface area (Å²) in [4.78, 5) is 31.1. The number of carbonyl (C=O) groups excluding carboxylic acids is 2. The van der Waals surface area contributed by atoms with E-state index in [1.807, 2.05) is 23.1 Å². The fraction of sp³-hybridized carbons (Fsp3) is 0.619. The van der Waals surface area contributed by atoms with Crippen LogP contribution < -0.4 is 10.2 Å². The summed E-state index contributed by atoms with van der Waals surface area (Å²) in [7, 11) is 0. The molecular formula is C21H30N4O2. The molecule has 2 aliphatic heterocycles. The van der Waals surface area contributed by atoms with Crippen LogP contribution in [0.5, 0.6) is 0 Å². The topological polar surface area (TPSA) is 55.9 Å². The lowest BCUT2D eigenvalue weighted by Gasteiger charge is -2.36. The van der Waals surface area contributed by atoms with Crippen molar-refractivity contribution in [2.75, 3.05) is 44.2 Å². The van der Waals surface area contributed by atoms with Gasteiger partial charge in [0.25, 0.3) is 0 Å². The van der Waals surface area contributed by atoms with Gasteiger partial charge in [-0.3, -0.25) is 4.79 Å². The molecule has 1 saturated carbocycles. The first-order valence-electron chi connectivity index (χ1n) is 10.3. The zero-order chi connectivity index (χ0) is 18.6. The SMILES string of the molecule is O=C(NC[C@H]1CC(=O)N(C2CCCC2)C1)N1CCN(c2ccccc2)CC1. The molecule has 6 heteroatoms. The third-order valence-electron chi connectivity index (χ3n) is 6.23. The third kappa shape index (κ3) is 4.20. The van der Waals surface area contributed by atoms with Gasteiger partial charge in [0.2, 0.25) is 5.91 Å². The maximum Gasteiger partial charge on any atom is 0.317 e. The molecule has 1 aromatic carbocycles. The van der Waals surface area contributed by atoms with E-state index < -0.39 is 0 Å². The average molecular weight is 370 g/mol. The Morgan fingerprint density at radius 2 is 1.74 bits per heavy atom. The fourth-order valence-electron chi connectivity index (χ4n) is 4.66. The fourth-order valence-corrected chi connectivity index (χ4v) is 4.66. The maximum atomic E-state index is 12.5. The van der Waals surface area contributed by atoms with Crippen molar-refractivity contribution in [3.63, 3.8) is 0 Å². The van der Waals surface area contributed by atoms with E-state index >= 15 is 0 Å². The molecule has 0 unspecified atom stereocenters. The molecule has 1 N–H and O–H groups in total. The normalized spacial score (nSPS) is 23.9. The van der Waals surface area contributed by atoms with Gasteiger partial charge in [0.1, 0.15) is 0 Å². The van der Waals surface area contributed by atoms with Gasteiger partial charge in [-0.05, 0) is 25.0 Å². The number of rotatable bonds is 4. The Balaban J connectivity index is 1.21. The molecule has 3 amide bonds. The Hall–Kier alpha value is -2.24. The summed E-state index contributed by atoms with van der Waals surface area (Å²) in [6, 6.07) is 10.8. The van der Waals surface area contributed by atoms with E-state index in [1.165, 1.54) is 18.5 Å². The van der Waals surface area contributed by atoms with Gasteiger partial charge in [-0.2, -0.15) is 0 Å². The summed E-state index contributed by atoms with van der Waals surface area (Å²) in [5.41, 5.74) is 1.22. The molecular weight excluding hydrogens is 340 g/mol. The predicted molar refractivity (Wildman–Crippen MR) is 106 cm³/mol. The minimum Gasteiger partial charge on any atom is -0.368 e. The van der Waals surface area contributed by atoms with Gasteiger partial charge >= 0.3 is 6.03 Å². The molecule has 6 nitrogen and oxygen atoms in total. The molecule has 1 aromatic rings. The number of nitrogens with zero attached hydrogens (tertiary/aromatic N) is 3. The van der Waals surface area contributed by atoms with Gasteiger partial charge in [0.15, 0.2) is 0 Å². The van der Waals surface area contributed by atoms with Crippen molar-refractivity contribution in [1.82, 2.24) is 15.1 Å². The minimum atomic E-state index is 0.00878. The number of para-hydroxylation sites is 1. The first-order valence-corrected chi connectivity index (χ1v) is 10.3. The molecule has 1 aliphatic carbocycles. The highest BCUT2D eigenvalue weighted by molar-refractivity contribution is 5.79. The van der Waals surface area contributed by atoms with Gasteiger partial charge < -0.3 is 20.0 Å². The molecule has 146 valence electrons. The lowest BCUT2D eigenvalue weighted by atomic mass is 10.1. The van der Waals surface area contributed by atoms with Crippen LogP contribution in [0.2, 0.25) is 0 Å². The van der Waals surface area contributed by atoms with Crippen LogP contribution >= 0.6 is 0 Å². The number of amides is 3. The van der Waals surface area contributed by atoms with Crippen LogP contribution in [0.3, 0.4) is 0 Å². The second kappa shape index (κ2) is 8.19. The Kier molecular flexibility index (Phi) is 5.50. The van der Waals surface area contributed by atoms with Crippen molar-refractivity contribution in [2.24, 2.45) is 5.92 Å². The number of hydrogen-bond donors (Lipinski definition) is 1. The molecule has 3 aliphatic rings. The molecule has 0 aromatic heterocycles. The van der Waals surface area contributed by atoms with Gasteiger partial charge in [-0.15, -0.1) is 0 Å². The Bertz CT molecular complexity index is 651. The molecule has 0 bridgehead atoms. The van der Waals surface area contributed by atoms with E-state index in [2.05, 4.69) is 27.2 Å². The van der Waals surface area contributed by atoms with Crippen LogP contribution in [0, 0.1) is 5.92 Å². The monoisotopic (exact) mass is 370 g/mol. The lowest BCUT2D eigenvalue weighted by molar-refractivity contribution is -0.129. The Morgan fingerprint density at radius 1 is 1.04 bits per heavy atom. The first-order chi connectivity index (χ1) is 13.2. The molecule has 0 radical (unpaired) electrons. The molecule has 2 saturated heterocycles. The van der Waals surface area contributed by atoms with Crippen LogP contribution in [0.1, 0.15) is 32.1 Å². The Labute approximate surface area is 161 Å². The molecule has 1 atom stereocenters. The zero-order valence-electron chi connectivity index (χ0n) is 16.0. The Morgan fingerprint density at radius 3 is 2.44 bits per heavy atom. The van der Waals surface area contributed by atoms with Crippen molar-refractivity contribution in [1.29, 1.82) is 0 Å². The summed E-state index contributed by atoms with van der Waals surface area (Å²) < 4.78 is 0. The van der Waals surface area contributed by atoms with Crippen molar-refractivity contribution in [3.8, 4) is 0 Å². The number of piperazine rings is 1. The van der Waals surface area contributed by atoms with Crippen molar-refractivity contribution in [2.45, 2.75) is 38.1 Å². The predicted octanol–water partition coefficient (Wildman–Crippen LogP) is 2.31. The van der Waals surface area contributed by atoms with E-state index in [4.69, 9.17) is 0 Å². The number of carbonyl (C=O) groups is 2. The maximum absolute atomic E-state index is 12.5. The summed E-state index contributed by atoms with van der Waals surface area (Å²) in [5, 5.41) is 3.07. The van der Waals surface area contributed by atoms with E-state index in [0.29, 0.717) is 19.0 Å². The molecule has 4 rings (SSSR count). The largest absolute Gasteiger partial charge is 0.368 e. The molecule has 27 heavy (non-hydrogen) atoms. The minimum absolute atomic E-state index is 0.00878. The second-order valence-electron chi connectivity index (χ2n) is 8.05. The van der Waals surface area contributed by atoms with Crippen LogP contribution in [-0.2, 0) is 4.79 Å².